The Morgan fingerprint density at radius 1 is 0.812 bits per heavy atom. The van der Waals surface area contributed by atoms with Gasteiger partial charge < -0.3 is 14.4 Å². The molecule has 166 valence electrons. The van der Waals surface area contributed by atoms with Gasteiger partial charge >= 0.3 is 5.97 Å². The van der Waals surface area contributed by atoms with Crippen LogP contribution in [0.4, 0.5) is 0 Å². The number of benzene rings is 3. The first-order chi connectivity index (χ1) is 15.7. The van der Waals surface area contributed by atoms with Crippen molar-refractivity contribution in [3.8, 4) is 5.75 Å². The van der Waals surface area contributed by atoms with E-state index in [9.17, 15) is 9.59 Å². The van der Waals surface area contributed by atoms with Crippen LogP contribution in [0, 0.1) is 0 Å². The first-order valence-electron chi connectivity index (χ1n) is 11.0. The summed E-state index contributed by atoms with van der Waals surface area (Å²) in [5.41, 5.74) is 0.972. The van der Waals surface area contributed by atoms with Gasteiger partial charge in [0.05, 0.1) is 6.54 Å². The van der Waals surface area contributed by atoms with Gasteiger partial charge in [0.15, 0.2) is 6.61 Å². The first-order valence-corrected chi connectivity index (χ1v) is 11.0. The smallest absolute Gasteiger partial charge is 0.320 e. The maximum atomic E-state index is 12.7. The molecule has 0 unspecified atom stereocenters. The molecular formula is C26H28N2O4. The van der Waals surface area contributed by atoms with Gasteiger partial charge in [0.2, 0.25) is 0 Å². The van der Waals surface area contributed by atoms with Crippen LogP contribution in [0.3, 0.4) is 0 Å². The molecule has 3 aromatic rings. The highest BCUT2D eigenvalue weighted by molar-refractivity contribution is 5.88. The molecule has 1 aliphatic heterocycles. The van der Waals surface area contributed by atoms with E-state index >= 15 is 0 Å². The number of esters is 1. The maximum Gasteiger partial charge on any atom is 0.320 e. The molecule has 0 saturated carbocycles. The number of hydrogen-bond donors (Lipinski definition) is 0. The van der Waals surface area contributed by atoms with Crippen LogP contribution in [0.25, 0.3) is 10.8 Å². The van der Waals surface area contributed by atoms with Crippen molar-refractivity contribution >= 4 is 22.6 Å². The van der Waals surface area contributed by atoms with Crippen molar-refractivity contribution in [2.75, 3.05) is 39.3 Å². The molecule has 1 saturated heterocycles. The van der Waals surface area contributed by atoms with Gasteiger partial charge in [-0.2, -0.15) is 0 Å². The maximum absolute atomic E-state index is 12.7. The Balaban J connectivity index is 1.23. The molecule has 3 aromatic carbocycles. The van der Waals surface area contributed by atoms with E-state index in [4.69, 9.17) is 9.47 Å². The van der Waals surface area contributed by atoms with E-state index in [1.165, 1.54) is 0 Å². The number of rotatable bonds is 7. The van der Waals surface area contributed by atoms with Crippen molar-refractivity contribution in [1.29, 1.82) is 0 Å². The van der Waals surface area contributed by atoms with Crippen molar-refractivity contribution in [2.24, 2.45) is 0 Å². The van der Waals surface area contributed by atoms with E-state index in [2.05, 4.69) is 0 Å². The standard InChI is InChI=1S/C26H28N2O4/c29-25(20-31-24-13-6-11-22-10-4-5-12-23(22)24)28-15-7-14-27(16-17-28)18-26(30)32-19-21-8-2-1-3-9-21/h1-6,8-13H,7,14-20H2. The van der Waals surface area contributed by atoms with Gasteiger partial charge in [-0.25, -0.2) is 0 Å². The summed E-state index contributed by atoms with van der Waals surface area (Å²) in [5, 5.41) is 2.08. The summed E-state index contributed by atoms with van der Waals surface area (Å²) >= 11 is 0. The molecule has 0 radical (unpaired) electrons. The summed E-state index contributed by atoms with van der Waals surface area (Å²) in [6, 6.07) is 23.5. The van der Waals surface area contributed by atoms with Crippen LogP contribution < -0.4 is 4.74 Å². The summed E-state index contributed by atoms with van der Waals surface area (Å²) in [6.07, 6.45) is 0.811. The highest BCUT2D eigenvalue weighted by atomic mass is 16.5. The Labute approximate surface area is 188 Å². The number of carbonyl (C=O) groups excluding carboxylic acids is 2. The van der Waals surface area contributed by atoms with Crippen molar-refractivity contribution in [1.82, 2.24) is 9.80 Å². The lowest BCUT2D eigenvalue weighted by molar-refractivity contribution is -0.146. The normalized spacial score (nSPS) is 14.7. The zero-order chi connectivity index (χ0) is 22.2. The molecule has 4 rings (SSSR count). The van der Waals surface area contributed by atoms with E-state index in [1.807, 2.05) is 82.6 Å². The predicted molar refractivity (Wildman–Crippen MR) is 123 cm³/mol. The highest BCUT2D eigenvalue weighted by Crippen LogP contribution is 2.25. The second-order valence-electron chi connectivity index (χ2n) is 7.92. The number of nitrogens with zero attached hydrogens (tertiary/aromatic N) is 2. The van der Waals surface area contributed by atoms with Gasteiger partial charge in [-0.15, -0.1) is 0 Å². The molecule has 0 aliphatic carbocycles. The second-order valence-corrected chi connectivity index (χ2v) is 7.92. The average molecular weight is 433 g/mol. The molecule has 0 atom stereocenters. The summed E-state index contributed by atoms with van der Waals surface area (Å²) in [4.78, 5) is 28.8. The highest BCUT2D eigenvalue weighted by Gasteiger charge is 2.21. The SMILES string of the molecule is O=C(CN1CCCN(C(=O)COc2cccc3ccccc23)CC1)OCc1ccccc1. The third-order valence-corrected chi connectivity index (χ3v) is 5.64. The van der Waals surface area contributed by atoms with E-state index < -0.39 is 0 Å². The Morgan fingerprint density at radius 2 is 1.59 bits per heavy atom. The van der Waals surface area contributed by atoms with E-state index in [0.717, 1.165) is 29.3 Å². The second kappa shape index (κ2) is 10.8. The van der Waals surface area contributed by atoms with Crippen LogP contribution >= 0.6 is 0 Å². The van der Waals surface area contributed by atoms with Crippen LogP contribution in [0.5, 0.6) is 5.75 Å². The molecule has 1 fully saturated rings. The molecule has 1 heterocycles. The van der Waals surface area contributed by atoms with Crippen LogP contribution in [0.15, 0.2) is 72.8 Å². The van der Waals surface area contributed by atoms with Gasteiger partial charge in [0.25, 0.3) is 5.91 Å². The fraction of sp³-hybridized carbons (Fsp3) is 0.308. The molecule has 0 N–H and O–H groups in total. The number of carbonyl (C=O) groups is 2. The van der Waals surface area contributed by atoms with Crippen molar-refractivity contribution < 1.29 is 19.1 Å². The summed E-state index contributed by atoms with van der Waals surface area (Å²) in [7, 11) is 0. The van der Waals surface area contributed by atoms with Crippen molar-refractivity contribution in [3.05, 3.63) is 78.4 Å². The van der Waals surface area contributed by atoms with Gasteiger partial charge in [-0.3, -0.25) is 14.5 Å². The van der Waals surface area contributed by atoms with Crippen molar-refractivity contribution in [3.63, 3.8) is 0 Å². The molecule has 32 heavy (non-hydrogen) atoms. The van der Waals surface area contributed by atoms with Gasteiger partial charge in [0, 0.05) is 31.6 Å². The Bertz CT molecular complexity index is 1050. The van der Waals surface area contributed by atoms with Gasteiger partial charge in [-0.1, -0.05) is 66.7 Å². The van der Waals surface area contributed by atoms with E-state index in [0.29, 0.717) is 25.4 Å². The topological polar surface area (TPSA) is 59.1 Å². The van der Waals surface area contributed by atoms with E-state index in [1.54, 1.807) is 0 Å². The zero-order valence-corrected chi connectivity index (χ0v) is 18.1. The van der Waals surface area contributed by atoms with Crippen molar-refractivity contribution in [2.45, 2.75) is 13.0 Å². The Morgan fingerprint density at radius 3 is 2.47 bits per heavy atom. The first kappa shape index (κ1) is 21.8. The monoisotopic (exact) mass is 432 g/mol. The van der Waals surface area contributed by atoms with Gasteiger partial charge in [-0.05, 0) is 23.4 Å². The minimum absolute atomic E-state index is 0.00707. The minimum atomic E-state index is -0.243. The summed E-state index contributed by atoms with van der Waals surface area (Å²) < 4.78 is 11.2. The lowest BCUT2D eigenvalue weighted by Gasteiger charge is -2.22. The minimum Gasteiger partial charge on any atom is -0.483 e. The fourth-order valence-electron chi connectivity index (χ4n) is 3.90. The zero-order valence-electron chi connectivity index (χ0n) is 18.1. The molecule has 0 aromatic heterocycles. The molecule has 0 bridgehead atoms. The quantitative estimate of drug-likeness (QED) is 0.535. The largest absolute Gasteiger partial charge is 0.483 e. The number of ether oxygens (including phenoxy) is 2. The van der Waals surface area contributed by atoms with Crippen LogP contribution in [0.2, 0.25) is 0 Å². The molecule has 6 nitrogen and oxygen atoms in total. The average Bonchev–Trinajstić information content (AvgIpc) is 3.07. The molecule has 0 spiro atoms. The van der Waals surface area contributed by atoms with Gasteiger partial charge in [0.1, 0.15) is 12.4 Å². The number of amides is 1. The molecular weight excluding hydrogens is 404 g/mol. The third-order valence-electron chi connectivity index (χ3n) is 5.64. The Hall–Kier alpha value is -3.38. The Kier molecular flexibility index (Phi) is 7.35. The van der Waals surface area contributed by atoms with Crippen LogP contribution in [0.1, 0.15) is 12.0 Å². The molecule has 6 heteroatoms. The number of fused-ring (bicyclic) bond motifs is 1. The summed E-state index contributed by atoms with van der Waals surface area (Å²) in [6.45, 7) is 3.16. The summed E-state index contributed by atoms with van der Waals surface area (Å²) in [5.74, 6) is 0.438. The van der Waals surface area contributed by atoms with Crippen LogP contribution in [-0.2, 0) is 20.9 Å². The molecule has 1 aliphatic rings. The lowest BCUT2D eigenvalue weighted by Crippen LogP contribution is -2.39. The third kappa shape index (κ3) is 5.86. The fourth-order valence-corrected chi connectivity index (χ4v) is 3.90. The number of hydrogen-bond acceptors (Lipinski definition) is 5. The molecule has 1 amide bonds. The predicted octanol–water partition coefficient (Wildman–Crippen LogP) is 3.50. The van der Waals surface area contributed by atoms with E-state index in [-0.39, 0.29) is 31.6 Å². The van der Waals surface area contributed by atoms with Crippen LogP contribution in [-0.4, -0.2) is 61.0 Å². The lowest BCUT2D eigenvalue weighted by atomic mass is 10.1.